The second-order valence-electron chi connectivity index (χ2n) is 2.15. The maximum absolute atomic E-state index is 8.37. The maximum Gasteiger partial charge on any atom is 0.179 e. The van der Waals surface area contributed by atoms with Crippen molar-refractivity contribution >= 4 is 24.8 Å². The van der Waals surface area contributed by atoms with E-state index >= 15 is 0 Å². The van der Waals surface area contributed by atoms with Crippen molar-refractivity contribution in [2.75, 3.05) is 13.1 Å². The van der Waals surface area contributed by atoms with Crippen LogP contribution in [0.5, 0.6) is 0 Å². The van der Waals surface area contributed by atoms with Crippen molar-refractivity contribution in [2.45, 2.75) is 19.3 Å². The first-order valence-corrected chi connectivity index (χ1v) is 3.08. The summed E-state index contributed by atoms with van der Waals surface area (Å²) in [4.78, 5) is 1.82. The molecule has 1 rings (SSSR count). The summed E-state index contributed by atoms with van der Waals surface area (Å²) in [7, 11) is 0. The van der Waals surface area contributed by atoms with Gasteiger partial charge in [-0.2, -0.15) is 5.26 Å². The lowest BCUT2D eigenvalue weighted by atomic mass is 10.1. The summed E-state index contributed by atoms with van der Waals surface area (Å²) in [6.07, 6.45) is 5.84. The van der Waals surface area contributed by atoms with Gasteiger partial charge in [-0.25, -0.2) is 0 Å². The van der Waals surface area contributed by atoms with E-state index in [2.05, 4.69) is 6.19 Å². The highest BCUT2D eigenvalue weighted by Gasteiger charge is 2.05. The Labute approximate surface area is 74.0 Å². The molecular formula is C6H12Cl2N2. The van der Waals surface area contributed by atoms with E-state index in [0.717, 1.165) is 13.1 Å². The van der Waals surface area contributed by atoms with Gasteiger partial charge in [-0.15, -0.1) is 24.8 Å². The van der Waals surface area contributed by atoms with Crippen LogP contribution in [0.2, 0.25) is 0 Å². The third-order valence-corrected chi connectivity index (χ3v) is 1.50. The van der Waals surface area contributed by atoms with Gasteiger partial charge in [0.15, 0.2) is 6.19 Å². The highest BCUT2D eigenvalue weighted by Crippen LogP contribution is 2.05. The van der Waals surface area contributed by atoms with Gasteiger partial charge in [-0.1, -0.05) is 0 Å². The summed E-state index contributed by atoms with van der Waals surface area (Å²) in [5.74, 6) is 0. The number of likely N-dealkylation sites (tertiary alicyclic amines) is 1. The average Bonchev–Trinajstić information content (AvgIpc) is 1.90. The molecule has 1 heterocycles. The zero-order chi connectivity index (χ0) is 5.82. The Morgan fingerprint density at radius 2 is 1.50 bits per heavy atom. The number of nitriles is 1. The molecular weight excluding hydrogens is 171 g/mol. The minimum atomic E-state index is 0. The van der Waals surface area contributed by atoms with Crippen molar-refractivity contribution < 1.29 is 0 Å². The minimum Gasteiger partial charge on any atom is -0.311 e. The standard InChI is InChI=1S/C6H10N2.2ClH/c7-6-8-4-2-1-3-5-8;;/h1-5H2;2*1H. The van der Waals surface area contributed by atoms with Gasteiger partial charge in [0.25, 0.3) is 0 Å². The van der Waals surface area contributed by atoms with E-state index in [1.54, 1.807) is 0 Å². The number of piperidine rings is 1. The predicted octanol–water partition coefficient (Wildman–Crippen LogP) is 1.80. The summed E-state index contributed by atoms with van der Waals surface area (Å²) in [5, 5.41) is 8.37. The molecule has 1 aliphatic rings. The summed E-state index contributed by atoms with van der Waals surface area (Å²) in [5.41, 5.74) is 0. The maximum atomic E-state index is 8.37. The summed E-state index contributed by atoms with van der Waals surface area (Å²) < 4.78 is 0. The van der Waals surface area contributed by atoms with Crippen LogP contribution in [-0.4, -0.2) is 18.0 Å². The molecule has 0 aromatic carbocycles. The normalized spacial score (nSPS) is 16.1. The Hall–Kier alpha value is -0.130. The third kappa shape index (κ3) is 3.81. The molecule has 0 radical (unpaired) electrons. The average molecular weight is 183 g/mol. The highest BCUT2D eigenvalue weighted by atomic mass is 35.5. The molecule has 0 unspecified atom stereocenters. The minimum absolute atomic E-state index is 0. The van der Waals surface area contributed by atoms with E-state index in [0.29, 0.717) is 0 Å². The molecule has 0 atom stereocenters. The molecule has 10 heavy (non-hydrogen) atoms. The van der Waals surface area contributed by atoms with Crippen molar-refractivity contribution in [3.63, 3.8) is 0 Å². The van der Waals surface area contributed by atoms with Crippen LogP contribution in [0.15, 0.2) is 0 Å². The van der Waals surface area contributed by atoms with Crippen molar-refractivity contribution in [2.24, 2.45) is 0 Å². The van der Waals surface area contributed by atoms with Gasteiger partial charge in [-0.3, -0.25) is 0 Å². The van der Waals surface area contributed by atoms with E-state index < -0.39 is 0 Å². The molecule has 0 aromatic heterocycles. The van der Waals surface area contributed by atoms with Crippen LogP contribution >= 0.6 is 24.8 Å². The monoisotopic (exact) mass is 182 g/mol. The van der Waals surface area contributed by atoms with Crippen molar-refractivity contribution in [1.29, 1.82) is 5.26 Å². The number of hydrogen-bond acceptors (Lipinski definition) is 2. The molecule has 0 aromatic rings. The van der Waals surface area contributed by atoms with E-state index in [4.69, 9.17) is 5.26 Å². The van der Waals surface area contributed by atoms with E-state index in [1.165, 1.54) is 19.3 Å². The van der Waals surface area contributed by atoms with Crippen LogP contribution < -0.4 is 0 Å². The largest absolute Gasteiger partial charge is 0.311 e. The molecule has 1 fully saturated rings. The first-order valence-electron chi connectivity index (χ1n) is 3.08. The molecule has 0 spiro atoms. The Morgan fingerprint density at radius 3 is 1.80 bits per heavy atom. The molecule has 0 saturated carbocycles. The molecule has 0 bridgehead atoms. The van der Waals surface area contributed by atoms with Crippen LogP contribution in [0.1, 0.15) is 19.3 Å². The zero-order valence-electron chi connectivity index (χ0n) is 5.75. The van der Waals surface area contributed by atoms with Crippen LogP contribution in [-0.2, 0) is 0 Å². The molecule has 0 N–H and O–H groups in total. The number of rotatable bonds is 0. The Morgan fingerprint density at radius 1 is 1.00 bits per heavy atom. The van der Waals surface area contributed by atoms with E-state index in [9.17, 15) is 0 Å². The first kappa shape index (κ1) is 12.5. The summed E-state index contributed by atoms with van der Waals surface area (Å²) in [6.45, 7) is 1.97. The third-order valence-electron chi connectivity index (χ3n) is 1.50. The fourth-order valence-corrected chi connectivity index (χ4v) is 0.994. The predicted molar refractivity (Wildman–Crippen MR) is 45.5 cm³/mol. The van der Waals surface area contributed by atoms with Gasteiger partial charge < -0.3 is 4.90 Å². The lowest BCUT2D eigenvalue weighted by molar-refractivity contribution is 0.322. The molecule has 1 aliphatic heterocycles. The Bertz CT molecular complexity index is 105. The first-order chi connectivity index (χ1) is 3.93. The second kappa shape index (κ2) is 6.98. The molecule has 1 saturated heterocycles. The van der Waals surface area contributed by atoms with Crippen LogP contribution in [0.3, 0.4) is 0 Å². The smallest absolute Gasteiger partial charge is 0.179 e. The Kier molecular flexibility index (Phi) is 8.75. The lowest BCUT2D eigenvalue weighted by Gasteiger charge is -2.19. The fourth-order valence-electron chi connectivity index (χ4n) is 0.994. The van der Waals surface area contributed by atoms with Crippen molar-refractivity contribution in [3.8, 4) is 6.19 Å². The number of nitrogens with zero attached hydrogens (tertiary/aromatic N) is 2. The SMILES string of the molecule is Cl.Cl.N#CN1CCCCC1. The quantitative estimate of drug-likeness (QED) is 0.535. The molecule has 4 heteroatoms. The Balaban J connectivity index is 0. The summed E-state index contributed by atoms with van der Waals surface area (Å²) >= 11 is 0. The molecule has 0 amide bonds. The zero-order valence-corrected chi connectivity index (χ0v) is 7.38. The van der Waals surface area contributed by atoms with Crippen LogP contribution in [0.25, 0.3) is 0 Å². The second-order valence-corrected chi connectivity index (χ2v) is 2.15. The van der Waals surface area contributed by atoms with Crippen molar-refractivity contribution in [1.82, 2.24) is 4.90 Å². The van der Waals surface area contributed by atoms with Crippen LogP contribution in [0, 0.1) is 11.5 Å². The van der Waals surface area contributed by atoms with Crippen LogP contribution in [0.4, 0.5) is 0 Å². The molecule has 60 valence electrons. The van der Waals surface area contributed by atoms with Gasteiger partial charge >= 0.3 is 0 Å². The number of hydrogen-bond donors (Lipinski definition) is 0. The van der Waals surface area contributed by atoms with Gasteiger partial charge in [0.1, 0.15) is 0 Å². The lowest BCUT2D eigenvalue weighted by Crippen LogP contribution is -2.24. The molecule has 0 aliphatic carbocycles. The highest BCUT2D eigenvalue weighted by molar-refractivity contribution is 5.85. The van der Waals surface area contributed by atoms with Gasteiger partial charge in [0, 0.05) is 13.1 Å². The topological polar surface area (TPSA) is 27.0 Å². The van der Waals surface area contributed by atoms with E-state index in [1.807, 2.05) is 4.90 Å². The van der Waals surface area contributed by atoms with Gasteiger partial charge in [-0.05, 0) is 19.3 Å². The fraction of sp³-hybridized carbons (Fsp3) is 0.833. The van der Waals surface area contributed by atoms with Gasteiger partial charge in [0.05, 0.1) is 0 Å². The van der Waals surface area contributed by atoms with Gasteiger partial charge in [0.2, 0.25) is 0 Å². The van der Waals surface area contributed by atoms with Crippen molar-refractivity contribution in [3.05, 3.63) is 0 Å². The summed E-state index contributed by atoms with van der Waals surface area (Å²) in [6, 6.07) is 0. The van der Waals surface area contributed by atoms with E-state index in [-0.39, 0.29) is 24.8 Å². The molecule has 2 nitrogen and oxygen atoms in total. The number of halogens is 2.